The molecule has 8 heteroatoms. The molecule has 40 heavy (non-hydrogen) atoms. The fraction of sp³-hybridized carbons (Fsp3) is 0.438. The van der Waals surface area contributed by atoms with E-state index in [4.69, 9.17) is 23.2 Å². The minimum atomic E-state index is -0.811. The molecule has 4 amide bonds. The molecule has 2 aromatic rings. The normalized spacial score (nSPS) is 34.5. The number of halogens is 2. The van der Waals surface area contributed by atoms with Gasteiger partial charge in [0.2, 0.25) is 23.6 Å². The van der Waals surface area contributed by atoms with Crippen molar-refractivity contribution in [1.29, 1.82) is 0 Å². The number of nitrogens with zero attached hydrogens (tertiary/aromatic N) is 2. The van der Waals surface area contributed by atoms with Crippen LogP contribution in [-0.2, 0) is 32.3 Å². The number of carbonyl (C=O) groups is 4. The van der Waals surface area contributed by atoms with Gasteiger partial charge in [-0.15, -0.1) is 0 Å². The predicted molar refractivity (Wildman–Crippen MR) is 150 cm³/mol. The van der Waals surface area contributed by atoms with Crippen molar-refractivity contribution in [2.75, 3.05) is 0 Å². The zero-order valence-electron chi connectivity index (χ0n) is 22.4. The maximum atomic E-state index is 14.3. The van der Waals surface area contributed by atoms with Crippen molar-refractivity contribution >= 4 is 46.8 Å². The van der Waals surface area contributed by atoms with Crippen molar-refractivity contribution in [3.05, 3.63) is 80.8 Å². The van der Waals surface area contributed by atoms with E-state index in [1.807, 2.05) is 31.2 Å². The fourth-order valence-corrected chi connectivity index (χ4v) is 9.19. The molecule has 2 aromatic carbocycles. The summed E-state index contributed by atoms with van der Waals surface area (Å²) < 4.78 is 0. The third-order valence-electron chi connectivity index (χ3n) is 10.4. The SMILES string of the molecule is CC1=C2CC[C@H](C)CC23[C@H]2C(=O)N(Cc4ccc(Cl)cc4)C(=O)[C@@H]2C1[C@@H]1C(=O)N(Cc2ccc(Cl)cc2)C(=O)[C@@H]13. The number of hydrogen-bond donors (Lipinski definition) is 0. The van der Waals surface area contributed by atoms with E-state index in [0.717, 1.165) is 35.1 Å². The molecule has 2 saturated carbocycles. The molecule has 4 fully saturated rings. The van der Waals surface area contributed by atoms with Crippen molar-refractivity contribution in [3.63, 3.8) is 0 Å². The molecular formula is C32H30Cl2N2O4. The molecule has 6 aliphatic rings. The number of allylic oxidation sites excluding steroid dienone is 2. The summed E-state index contributed by atoms with van der Waals surface area (Å²) >= 11 is 12.1. The highest BCUT2D eigenvalue weighted by Crippen LogP contribution is 2.72. The van der Waals surface area contributed by atoms with E-state index in [1.54, 1.807) is 24.3 Å². The second-order valence-corrected chi connectivity index (χ2v) is 13.2. The third kappa shape index (κ3) is 3.41. The van der Waals surface area contributed by atoms with Gasteiger partial charge in [-0.1, -0.05) is 65.5 Å². The van der Waals surface area contributed by atoms with Crippen LogP contribution in [-0.4, -0.2) is 33.4 Å². The topological polar surface area (TPSA) is 74.8 Å². The van der Waals surface area contributed by atoms with E-state index >= 15 is 0 Å². The van der Waals surface area contributed by atoms with Crippen LogP contribution in [0.1, 0.15) is 44.2 Å². The predicted octanol–water partition coefficient (Wildman–Crippen LogP) is 5.66. The zero-order chi connectivity index (χ0) is 28.1. The summed E-state index contributed by atoms with van der Waals surface area (Å²) in [7, 11) is 0. The molecule has 1 spiro atoms. The third-order valence-corrected chi connectivity index (χ3v) is 10.9. The lowest BCUT2D eigenvalue weighted by molar-refractivity contribution is -0.154. The van der Waals surface area contributed by atoms with Gasteiger partial charge in [0.1, 0.15) is 0 Å². The van der Waals surface area contributed by atoms with E-state index in [9.17, 15) is 19.2 Å². The Labute approximate surface area is 243 Å². The molecule has 2 heterocycles. The van der Waals surface area contributed by atoms with Gasteiger partial charge in [-0.3, -0.25) is 29.0 Å². The summed E-state index contributed by atoms with van der Waals surface area (Å²) in [5.41, 5.74) is 3.03. The average molecular weight is 578 g/mol. The molecule has 7 atom stereocenters. The molecule has 2 bridgehead atoms. The van der Waals surface area contributed by atoms with Gasteiger partial charge in [0, 0.05) is 21.4 Å². The van der Waals surface area contributed by atoms with Crippen LogP contribution in [0.5, 0.6) is 0 Å². The molecule has 4 aliphatic carbocycles. The number of hydrogen-bond acceptors (Lipinski definition) is 4. The summed E-state index contributed by atoms with van der Waals surface area (Å²) in [5, 5.41) is 1.17. The molecule has 0 N–H and O–H groups in total. The van der Waals surface area contributed by atoms with Crippen LogP contribution in [0.2, 0.25) is 10.0 Å². The molecule has 2 unspecified atom stereocenters. The van der Waals surface area contributed by atoms with E-state index in [0.29, 0.717) is 16.5 Å². The van der Waals surface area contributed by atoms with Gasteiger partial charge in [0.25, 0.3) is 0 Å². The number of amides is 4. The molecule has 206 valence electrons. The van der Waals surface area contributed by atoms with Crippen molar-refractivity contribution in [2.24, 2.45) is 40.9 Å². The van der Waals surface area contributed by atoms with E-state index < -0.39 is 35.0 Å². The molecule has 0 aromatic heterocycles. The van der Waals surface area contributed by atoms with Crippen LogP contribution in [0.3, 0.4) is 0 Å². The van der Waals surface area contributed by atoms with Crippen molar-refractivity contribution in [1.82, 2.24) is 9.80 Å². The lowest BCUT2D eigenvalue weighted by Gasteiger charge is -2.61. The van der Waals surface area contributed by atoms with Gasteiger partial charge in [0.15, 0.2) is 0 Å². The Morgan fingerprint density at radius 2 is 1.18 bits per heavy atom. The van der Waals surface area contributed by atoms with Crippen LogP contribution in [0, 0.1) is 40.9 Å². The number of rotatable bonds is 4. The average Bonchev–Trinajstić information content (AvgIpc) is 3.33. The maximum Gasteiger partial charge on any atom is 0.234 e. The van der Waals surface area contributed by atoms with Crippen LogP contribution in [0.25, 0.3) is 0 Å². The molecule has 2 aliphatic heterocycles. The monoisotopic (exact) mass is 576 g/mol. The Morgan fingerprint density at radius 1 is 0.725 bits per heavy atom. The second-order valence-electron chi connectivity index (χ2n) is 12.4. The Hall–Kier alpha value is -2.96. The lowest BCUT2D eigenvalue weighted by Crippen LogP contribution is -2.62. The Balaban J connectivity index is 1.32. The number of benzene rings is 2. The number of imide groups is 2. The Kier molecular flexibility index (Phi) is 5.86. The van der Waals surface area contributed by atoms with Crippen molar-refractivity contribution < 1.29 is 19.2 Å². The highest BCUT2D eigenvalue weighted by atomic mass is 35.5. The lowest BCUT2D eigenvalue weighted by atomic mass is 9.39. The molecule has 2 saturated heterocycles. The minimum absolute atomic E-state index is 0.161. The smallest absolute Gasteiger partial charge is 0.234 e. The first-order valence-electron chi connectivity index (χ1n) is 14.0. The van der Waals surface area contributed by atoms with Crippen LogP contribution >= 0.6 is 23.2 Å². The van der Waals surface area contributed by atoms with Crippen LogP contribution in [0.4, 0.5) is 0 Å². The van der Waals surface area contributed by atoms with Gasteiger partial charge in [-0.25, -0.2) is 0 Å². The van der Waals surface area contributed by atoms with E-state index in [2.05, 4.69) is 6.92 Å². The standard InChI is InChI=1S/C32H30Cl2N2O4/c1-16-3-12-22-17(2)23-24-26(30(39)35(28(24)37)14-18-4-8-20(33)9-5-18)32(22,13-16)27-25(23)29(38)36(31(27)40)15-19-6-10-21(34)11-7-19/h4-11,16,23-27H,3,12-15H2,1-2H3/t16-,23?,24-,25+,26+,27+,32?/m0/s1. The van der Waals surface area contributed by atoms with Gasteiger partial charge in [-0.05, 0) is 67.5 Å². The van der Waals surface area contributed by atoms with Gasteiger partial charge >= 0.3 is 0 Å². The van der Waals surface area contributed by atoms with Gasteiger partial charge in [-0.2, -0.15) is 0 Å². The molecule has 0 radical (unpaired) electrons. The largest absolute Gasteiger partial charge is 0.278 e. The molecule has 6 nitrogen and oxygen atoms in total. The second kappa shape index (κ2) is 9.02. The fourth-order valence-electron chi connectivity index (χ4n) is 8.94. The summed E-state index contributed by atoms with van der Waals surface area (Å²) in [6.07, 6.45) is 2.41. The van der Waals surface area contributed by atoms with Gasteiger partial charge in [0.05, 0.1) is 36.8 Å². The zero-order valence-corrected chi connectivity index (χ0v) is 23.9. The number of carbonyl (C=O) groups excluding carboxylic acids is 4. The Bertz CT molecular complexity index is 1410. The first kappa shape index (κ1) is 26.0. The van der Waals surface area contributed by atoms with Crippen LogP contribution < -0.4 is 0 Å². The summed E-state index contributed by atoms with van der Waals surface area (Å²) in [5.74, 6) is -3.51. The highest BCUT2D eigenvalue weighted by molar-refractivity contribution is 6.30. The number of likely N-dealkylation sites (tertiary alicyclic amines) is 2. The van der Waals surface area contributed by atoms with Crippen molar-refractivity contribution in [3.8, 4) is 0 Å². The van der Waals surface area contributed by atoms with Crippen LogP contribution in [0.15, 0.2) is 59.7 Å². The maximum absolute atomic E-state index is 14.3. The first-order chi connectivity index (χ1) is 19.1. The highest BCUT2D eigenvalue weighted by Gasteiger charge is 2.77. The summed E-state index contributed by atoms with van der Waals surface area (Å²) in [6, 6.07) is 14.3. The van der Waals surface area contributed by atoms with Crippen molar-refractivity contribution in [2.45, 2.75) is 46.2 Å². The van der Waals surface area contributed by atoms with Gasteiger partial charge < -0.3 is 0 Å². The van der Waals surface area contributed by atoms with E-state index in [-0.39, 0.29) is 42.6 Å². The quantitative estimate of drug-likeness (QED) is 0.347. The molecular weight excluding hydrogens is 547 g/mol. The van der Waals surface area contributed by atoms with E-state index in [1.165, 1.54) is 9.80 Å². The molecule has 8 rings (SSSR count). The Morgan fingerprint density at radius 3 is 1.62 bits per heavy atom. The summed E-state index contributed by atoms with van der Waals surface area (Å²) in [6.45, 7) is 4.52. The summed E-state index contributed by atoms with van der Waals surface area (Å²) in [4.78, 5) is 59.6. The first-order valence-corrected chi connectivity index (χ1v) is 14.8. The minimum Gasteiger partial charge on any atom is -0.278 e.